The average Bonchev–Trinajstić information content (AvgIpc) is 3.47. The zero-order chi connectivity index (χ0) is 17.2. The zero-order valence-corrected chi connectivity index (χ0v) is 15.6. The van der Waals surface area contributed by atoms with Crippen molar-refractivity contribution in [3.05, 3.63) is 46.8 Å². The number of hydrogen-bond donors (Lipinski definition) is 1. The predicted molar refractivity (Wildman–Crippen MR) is 102 cm³/mol. The maximum absolute atomic E-state index is 12.7. The molecule has 25 heavy (non-hydrogen) atoms. The molecule has 1 N–H and O–H groups in total. The highest BCUT2D eigenvalue weighted by molar-refractivity contribution is 9.10. The van der Waals surface area contributed by atoms with E-state index in [1.54, 1.807) is 6.33 Å². The fourth-order valence-electron chi connectivity index (χ4n) is 3.35. The summed E-state index contributed by atoms with van der Waals surface area (Å²) in [4.78, 5) is 23.7. The number of benzene rings is 1. The lowest BCUT2D eigenvalue weighted by atomic mass is 9.97. The first kappa shape index (κ1) is 16.5. The van der Waals surface area contributed by atoms with Crippen molar-refractivity contribution in [1.29, 1.82) is 0 Å². The number of carbonyl (C=O) groups is 1. The second-order valence-electron chi connectivity index (χ2n) is 6.86. The van der Waals surface area contributed by atoms with Crippen LogP contribution in [-0.2, 0) is 4.79 Å². The fraction of sp³-hybridized carbons (Fsp3) is 0.421. The van der Waals surface area contributed by atoms with Gasteiger partial charge >= 0.3 is 0 Å². The van der Waals surface area contributed by atoms with E-state index in [1.165, 1.54) is 12.8 Å². The summed E-state index contributed by atoms with van der Waals surface area (Å²) in [5.74, 6) is 1.63. The molecule has 1 saturated heterocycles. The first-order chi connectivity index (χ1) is 12.2. The van der Waals surface area contributed by atoms with Crippen molar-refractivity contribution in [2.45, 2.75) is 31.6 Å². The standard InChI is InChI=1S/C19H21BrN4O/c20-15-4-1-5-16(9-15)23-19(25)14-3-2-8-24(11-14)18-10-17(13-6-7-13)21-12-22-18/h1,4-5,9-10,12-14H,2-3,6-8,11H2,(H,23,25)/t14-/m1/s1. The third kappa shape index (κ3) is 4.00. The number of aromatic nitrogens is 2. The Hall–Kier alpha value is -1.95. The van der Waals surface area contributed by atoms with Crippen LogP contribution in [0, 0.1) is 5.92 Å². The Bertz CT molecular complexity index is 778. The van der Waals surface area contributed by atoms with Crippen LogP contribution in [0.15, 0.2) is 41.1 Å². The zero-order valence-electron chi connectivity index (χ0n) is 14.0. The van der Waals surface area contributed by atoms with Gasteiger partial charge in [0.15, 0.2) is 0 Å². The van der Waals surface area contributed by atoms with Crippen LogP contribution in [0.1, 0.15) is 37.3 Å². The molecule has 1 atom stereocenters. The van der Waals surface area contributed by atoms with E-state index in [-0.39, 0.29) is 11.8 Å². The lowest BCUT2D eigenvalue weighted by molar-refractivity contribution is -0.120. The van der Waals surface area contributed by atoms with Gasteiger partial charge in [-0.3, -0.25) is 4.79 Å². The van der Waals surface area contributed by atoms with Crippen molar-refractivity contribution in [3.8, 4) is 0 Å². The van der Waals surface area contributed by atoms with E-state index in [0.29, 0.717) is 12.5 Å². The summed E-state index contributed by atoms with van der Waals surface area (Å²) >= 11 is 3.44. The Morgan fingerprint density at radius 1 is 1.20 bits per heavy atom. The normalized spacial score (nSPS) is 20.4. The number of piperidine rings is 1. The molecule has 0 spiro atoms. The van der Waals surface area contributed by atoms with Gasteiger partial charge in [-0.1, -0.05) is 22.0 Å². The van der Waals surface area contributed by atoms with E-state index in [0.717, 1.165) is 41.1 Å². The van der Waals surface area contributed by atoms with Crippen molar-refractivity contribution in [3.63, 3.8) is 0 Å². The lowest BCUT2D eigenvalue weighted by Crippen LogP contribution is -2.41. The number of rotatable bonds is 4. The molecule has 2 aromatic rings. The van der Waals surface area contributed by atoms with Gasteiger partial charge in [-0.05, 0) is 43.9 Å². The van der Waals surface area contributed by atoms with Crippen molar-refractivity contribution >= 4 is 33.3 Å². The molecule has 130 valence electrons. The van der Waals surface area contributed by atoms with Gasteiger partial charge in [0, 0.05) is 40.9 Å². The van der Waals surface area contributed by atoms with E-state index in [9.17, 15) is 4.79 Å². The van der Waals surface area contributed by atoms with Crippen LogP contribution in [0.2, 0.25) is 0 Å². The minimum atomic E-state index is -0.0212. The molecule has 1 aromatic carbocycles. The first-order valence-corrected chi connectivity index (χ1v) is 9.61. The Balaban J connectivity index is 1.43. The maximum Gasteiger partial charge on any atom is 0.229 e. The number of hydrogen-bond acceptors (Lipinski definition) is 4. The Morgan fingerprint density at radius 3 is 2.88 bits per heavy atom. The first-order valence-electron chi connectivity index (χ1n) is 8.82. The summed E-state index contributed by atoms with van der Waals surface area (Å²) in [5, 5.41) is 3.04. The average molecular weight is 401 g/mol. The molecule has 5 nitrogen and oxygen atoms in total. The molecule has 1 saturated carbocycles. The topological polar surface area (TPSA) is 58.1 Å². The van der Waals surface area contributed by atoms with E-state index in [4.69, 9.17) is 0 Å². The van der Waals surface area contributed by atoms with Crippen LogP contribution in [0.25, 0.3) is 0 Å². The molecule has 1 amide bonds. The third-order valence-corrected chi connectivity index (χ3v) is 5.37. The largest absolute Gasteiger partial charge is 0.356 e. The molecule has 1 aliphatic heterocycles. The summed E-state index contributed by atoms with van der Waals surface area (Å²) in [7, 11) is 0. The van der Waals surface area contributed by atoms with Crippen LogP contribution in [0.5, 0.6) is 0 Å². The van der Waals surface area contributed by atoms with Gasteiger partial charge in [0.25, 0.3) is 0 Å². The quantitative estimate of drug-likeness (QED) is 0.843. The monoisotopic (exact) mass is 400 g/mol. The Morgan fingerprint density at radius 2 is 2.08 bits per heavy atom. The minimum absolute atomic E-state index is 0.0212. The van der Waals surface area contributed by atoms with Crippen LogP contribution in [0.4, 0.5) is 11.5 Å². The van der Waals surface area contributed by atoms with Gasteiger partial charge in [-0.15, -0.1) is 0 Å². The minimum Gasteiger partial charge on any atom is -0.356 e. The SMILES string of the molecule is O=C(Nc1cccc(Br)c1)[C@@H]1CCCN(c2cc(C3CC3)ncn2)C1. The molecule has 2 fully saturated rings. The summed E-state index contributed by atoms with van der Waals surface area (Å²) in [6.45, 7) is 1.66. The van der Waals surface area contributed by atoms with Gasteiger partial charge in [0.05, 0.1) is 5.92 Å². The van der Waals surface area contributed by atoms with Crippen LogP contribution < -0.4 is 10.2 Å². The van der Waals surface area contributed by atoms with Gasteiger partial charge in [-0.2, -0.15) is 0 Å². The van der Waals surface area contributed by atoms with E-state index in [1.807, 2.05) is 24.3 Å². The lowest BCUT2D eigenvalue weighted by Gasteiger charge is -2.33. The second-order valence-corrected chi connectivity index (χ2v) is 7.78. The number of amides is 1. The molecular weight excluding hydrogens is 380 g/mol. The molecule has 2 heterocycles. The third-order valence-electron chi connectivity index (χ3n) is 4.88. The summed E-state index contributed by atoms with van der Waals surface area (Å²) in [6, 6.07) is 9.81. The smallest absolute Gasteiger partial charge is 0.229 e. The number of halogens is 1. The van der Waals surface area contributed by atoms with Gasteiger partial charge in [0.1, 0.15) is 12.1 Å². The van der Waals surface area contributed by atoms with E-state index >= 15 is 0 Å². The second kappa shape index (κ2) is 7.12. The van der Waals surface area contributed by atoms with Gasteiger partial charge in [-0.25, -0.2) is 9.97 Å². The fourth-order valence-corrected chi connectivity index (χ4v) is 3.75. The van der Waals surface area contributed by atoms with Gasteiger partial charge in [0.2, 0.25) is 5.91 Å². The summed E-state index contributed by atoms with van der Waals surface area (Å²) in [5.41, 5.74) is 1.97. The molecular formula is C19H21BrN4O. The number of carbonyl (C=O) groups excluding carboxylic acids is 1. The van der Waals surface area contributed by atoms with Gasteiger partial charge < -0.3 is 10.2 Å². The van der Waals surface area contributed by atoms with Crippen LogP contribution in [0.3, 0.4) is 0 Å². The molecule has 6 heteroatoms. The highest BCUT2D eigenvalue weighted by Crippen LogP contribution is 2.39. The molecule has 0 radical (unpaired) electrons. The molecule has 0 unspecified atom stereocenters. The number of nitrogens with zero attached hydrogens (tertiary/aromatic N) is 3. The van der Waals surface area contributed by atoms with E-state index in [2.05, 4.69) is 42.2 Å². The highest BCUT2D eigenvalue weighted by atomic mass is 79.9. The van der Waals surface area contributed by atoms with Crippen LogP contribution >= 0.6 is 15.9 Å². The summed E-state index contributed by atoms with van der Waals surface area (Å²) < 4.78 is 0.962. The van der Waals surface area contributed by atoms with Crippen molar-refractivity contribution < 1.29 is 4.79 Å². The molecule has 2 aliphatic rings. The van der Waals surface area contributed by atoms with Crippen molar-refractivity contribution in [1.82, 2.24) is 9.97 Å². The Labute approximate surface area is 156 Å². The molecule has 0 bridgehead atoms. The maximum atomic E-state index is 12.7. The molecule has 1 aliphatic carbocycles. The van der Waals surface area contributed by atoms with E-state index < -0.39 is 0 Å². The number of anilines is 2. The molecule has 4 rings (SSSR count). The summed E-state index contributed by atoms with van der Waals surface area (Å²) in [6.07, 6.45) is 6.03. The number of nitrogens with one attached hydrogen (secondary N) is 1. The molecule has 1 aromatic heterocycles. The van der Waals surface area contributed by atoms with Crippen molar-refractivity contribution in [2.75, 3.05) is 23.3 Å². The predicted octanol–water partition coefficient (Wildman–Crippen LogP) is 3.97. The highest BCUT2D eigenvalue weighted by Gasteiger charge is 2.29. The van der Waals surface area contributed by atoms with Crippen LogP contribution in [-0.4, -0.2) is 29.0 Å². The Kier molecular flexibility index (Phi) is 4.70. The van der Waals surface area contributed by atoms with Crippen molar-refractivity contribution in [2.24, 2.45) is 5.92 Å².